The number of aliphatic imine (C=N–C) groups is 1. The number of ether oxygens (including phenoxy) is 4. The molecule has 0 aromatic heterocycles. The summed E-state index contributed by atoms with van der Waals surface area (Å²) in [5.41, 5.74) is 8.22. The molecule has 0 amide bonds. The molecule has 2 heterocycles. The number of methoxy groups -OCH3 is 4. The van der Waals surface area contributed by atoms with E-state index in [9.17, 15) is 10.2 Å². The quantitative estimate of drug-likeness (QED) is 0.0980. The number of benzene rings is 4. The molecule has 2 unspecified atom stereocenters. The Morgan fingerprint density at radius 2 is 1.41 bits per heavy atom. The second-order valence-electron chi connectivity index (χ2n) is 11.1. The number of nitrogens with zero attached hydrogens (tertiary/aromatic N) is 1. The van der Waals surface area contributed by atoms with E-state index in [0.29, 0.717) is 17.9 Å². The van der Waals surface area contributed by atoms with Crippen LogP contribution in [0.25, 0.3) is 0 Å². The second kappa shape index (κ2) is 18.2. The molecule has 0 saturated carbocycles. The normalized spacial score (nSPS) is 14.7. The Balaban J connectivity index is 0.000000234. The van der Waals surface area contributed by atoms with Crippen LogP contribution in [0.3, 0.4) is 0 Å². The van der Waals surface area contributed by atoms with Crippen molar-refractivity contribution < 1.29 is 50.0 Å². The molecule has 6 rings (SSSR count). The molecule has 0 bridgehead atoms. The lowest BCUT2D eigenvalue weighted by Crippen LogP contribution is -2.31. The maximum absolute atomic E-state index is 9.92. The Morgan fingerprint density at radius 3 is 2.00 bits per heavy atom. The van der Waals surface area contributed by atoms with Gasteiger partial charge in [0.25, 0.3) is 0 Å². The van der Waals surface area contributed by atoms with E-state index in [0.717, 1.165) is 60.7 Å². The lowest BCUT2D eigenvalue weighted by Gasteiger charge is -2.27. The van der Waals surface area contributed by atoms with Crippen LogP contribution < -0.4 is 29.2 Å². The van der Waals surface area contributed by atoms with Gasteiger partial charge in [0.1, 0.15) is 11.5 Å². The van der Waals surface area contributed by atoms with Crippen molar-refractivity contribution in [3.8, 4) is 34.5 Å². The van der Waals surface area contributed by atoms with Crippen molar-refractivity contribution >= 4 is 14.0 Å². The fraction of sp³-hybridized carbons (Fsp3) is 0.306. The first-order valence-electron chi connectivity index (χ1n) is 15.5. The Morgan fingerprint density at radius 1 is 0.816 bits per heavy atom. The molecule has 0 radical (unpaired) electrons. The molecular weight excluding hydrogens is 651 g/mol. The van der Waals surface area contributed by atoms with E-state index in [-0.39, 0.29) is 19.0 Å². The molecule has 2 atom stereocenters. The van der Waals surface area contributed by atoms with Gasteiger partial charge in [0.2, 0.25) is 0 Å². The molecule has 2 aliphatic rings. The average molecular weight is 695 g/mol. The zero-order valence-corrected chi connectivity index (χ0v) is 28.7. The van der Waals surface area contributed by atoms with Crippen LogP contribution in [-0.2, 0) is 34.9 Å². The van der Waals surface area contributed by atoms with Crippen molar-refractivity contribution in [2.75, 3.05) is 41.5 Å². The van der Waals surface area contributed by atoms with Crippen molar-refractivity contribution in [2.45, 2.75) is 31.7 Å². The smallest absolute Gasteiger partial charge is 0.521 e. The van der Waals surface area contributed by atoms with E-state index in [4.69, 9.17) is 33.7 Å². The lowest BCUT2D eigenvalue weighted by molar-refractivity contribution is -0.244. The molecule has 4 aromatic rings. The van der Waals surface area contributed by atoms with Gasteiger partial charge in [0, 0.05) is 30.8 Å². The molecule has 262 valence electrons. The van der Waals surface area contributed by atoms with Gasteiger partial charge in [-0.1, -0.05) is 18.2 Å². The summed E-state index contributed by atoms with van der Waals surface area (Å²) in [4.78, 5) is 13.6. The van der Waals surface area contributed by atoms with Gasteiger partial charge in [-0.05, 0) is 118 Å². The van der Waals surface area contributed by atoms with Crippen molar-refractivity contribution in [3.63, 3.8) is 0 Å². The third kappa shape index (κ3) is 10.1. The highest BCUT2D eigenvalue weighted by molar-refractivity contribution is 7.30. The van der Waals surface area contributed by atoms with Crippen LogP contribution in [0.1, 0.15) is 40.8 Å². The first kappa shape index (κ1) is 37.1. The van der Waals surface area contributed by atoms with Crippen molar-refractivity contribution in [3.05, 3.63) is 106 Å². The summed E-state index contributed by atoms with van der Waals surface area (Å²) < 4.78 is 32.4. The fourth-order valence-electron chi connectivity index (χ4n) is 5.81. The zero-order valence-electron chi connectivity index (χ0n) is 27.8. The van der Waals surface area contributed by atoms with Crippen LogP contribution in [0.15, 0.2) is 77.8 Å². The maximum Gasteiger partial charge on any atom is 0.521 e. The minimum atomic E-state index is -3.04. The first-order chi connectivity index (χ1) is 23.7. The van der Waals surface area contributed by atoms with E-state index in [1.807, 2.05) is 30.3 Å². The molecular formula is C36H43N2O10P. The molecule has 0 aliphatic carbocycles. The predicted octanol–water partition coefficient (Wildman–Crippen LogP) is 5.58. The van der Waals surface area contributed by atoms with Crippen molar-refractivity contribution in [1.29, 1.82) is 0 Å². The van der Waals surface area contributed by atoms with E-state index >= 15 is 0 Å². The average Bonchev–Trinajstić information content (AvgIpc) is 3.12. The number of rotatable bonds is 9. The SMILES string of the molecule is COc1ccc2c(c1)CCN=C2Cc1ccc(OC)c(O)c1.COc1ccc2c(c1)CCNC2Cc1ccc(OC)c(O)c1.O=[P+]([O-])OO.[HH]. The number of phenols is 2. The Bertz CT molecular complexity index is 1770. The van der Waals surface area contributed by atoms with Gasteiger partial charge in [-0.25, -0.2) is 5.26 Å². The van der Waals surface area contributed by atoms with Gasteiger partial charge in [0.05, 0.1) is 28.4 Å². The molecule has 13 heteroatoms. The highest BCUT2D eigenvalue weighted by atomic mass is 31.1. The monoisotopic (exact) mass is 694 g/mol. The highest BCUT2D eigenvalue weighted by Crippen LogP contribution is 2.32. The van der Waals surface area contributed by atoms with Gasteiger partial charge in [-0.3, -0.25) is 4.99 Å². The van der Waals surface area contributed by atoms with E-state index in [2.05, 4.69) is 39.2 Å². The molecule has 2 aliphatic heterocycles. The molecule has 49 heavy (non-hydrogen) atoms. The van der Waals surface area contributed by atoms with Crippen LogP contribution in [0.4, 0.5) is 0 Å². The Hall–Kier alpha value is -4.71. The van der Waals surface area contributed by atoms with Gasteiger partial charge < -0.3 is 39.4 Å². The van der Waals surface area contributed by atoms with Crippen LogP contribution in [-0.4, -0.2) is 62.7 Å². The number of aromatic hydroxyl groups is 2. The number of nitrogens with one attached hydrogen (secondary N) is 1. The highest BCUT2D eigenvalue weighted by Gasteiger charge is 2.21. The summed E-state index contributed by atoms with van der Waals surface area (Å²) >= 11 is 0. The Labute approximate surface area is 287 Å². The molecule has 0 spiro atoms. The van der Waals surface area contributed by atoms with Gasteiger partial charge >= 0.3 is 8.25 Å². The van der Waals surface area contributed by atoms with Gasteiger partial charge in [-0.15, -0.1) is 0 Å². The largest absolute Gasteiger partial charge is 0.565 e. The summed E-state index contributed by atoms with van der Waals surface area (Å²) in [7, 11) is 3.43. The molecule has 0 fully saturated rings. The number of phenolic OH excluding ortho intramolecular Hbond substituents is 2. The van der Waals surface area contributed by atoms with E-state index in [1.54, 1.807) is 46.6 Å². The first-order valence-corrected chi connectivity index (χ1v) is 16.6. The third-order valence-corrected chi connectivity index (χ3v) is 8.32. The summed E-state index contributed by atoms with van der Waals surface area (Å²) in [6.07, 6.45) is 3.47. The van der Waals surface area contributed by atoms with Crippen molar-refractivity contribution in [2.24, 2.45) is 4.99 Å². The molecule has 12 nitrogen and oxygen atoms in total. The van der Waals surface area contributed by atoms with Gasteiger partial charge in [-0.2, -0.15) is 0 Å². The number of hydrogen-bond donors (Lipinski definition) is 4. The number of fused-ring (bicyclic) bond motifs is 2. The lowest BCUT2D eigenvalue weighted by atomic mass is 9.90. The zero-order chi connectivity index (χ0) is 35.3. The summed E-state index contributed by atoms with van der Waals surface area (Å²) in [6, 6.07) is 23.7. The van der Waals surface area contributed by atoms with Crippen LogP contribution in [0, 0.1) is 0 Å². The number of hydrogen-bond acceptors (Lipinski definition) is 12. The second-order valence-corrected chi connectivity index (χ2v) is 11.7. The van der Waals surface area contributed by atoms with E-state index < -0.39 is 8.25 Å². The van der Waals surface area contributed by atoms with Gasteiger partial charge in [0.15, 0.2) is 23.0 Å². The minimum Gasteiger partial charge on any atom is -0.565 e. The molecule has 4 N–H and O–H groups in total. The Kier molecular flexibility index (Phi) is 13.8. The maximum atomic E-state index is 9.92. The van der Waals surface area contributed by atoms with Crippen LogP contribution in [0.2, 0.25) is 0 Å². The topological polar surface area (TPSA) is 171 Å². The third-order valence-electron chi connectivity index (χ3n) is 8.18. The summed E-state index contributed by atoms with van der Waals surface area (Å²) in [5.74, 6) is 3.12. The van der Waals surface area contributed by atoms with Crippen molar-refractivity contribution in [1.82, 2.24) is 5.32 Å². The predicted molar refractivity (Wildman–Crippen MR) is 186 cm³/mol. The molecule has 4 aromatic carbocycles. The summed E-state index contributed by atoms with van der Waals surface area (Å²) in [5, 5.41) is 30.4. The molecule has 0 saturated heterocycles. The standard InChI is InChI=1S/C18H21NO3.C18H19NO3.HO4P.H2/c2*1-21-14-4-5-15-13(11-14)7-8-19-16(15)9-12-3-6-18(22-2)17(20)10-12;1-4-5(2)3;/h3-6,10-11,16,19-20H,7-9H2,1-2H3;3-6,10-11,20H,7-9H2,1-2H3;1H;1H. The van der Waals surface area contributed by atoms with Crippen LogP contribution in [0.5, 0.6) is 34.5 Å². The minimum absolute atomic E-state index is 0. The van der Waals surface area contributed by atoms with E-state index in [1.165, 1.54) is 22.3 Å². The fourth-order valence-corrected chi connectivity index (χ4v) is 5.81. The summed E-state index contributed by atoms with van der Waals surface area (Å²) in [6.45, 7) is 1.74. The van der Waals surface area contributed by atoms with Crippen LogP contribution >= 0.6 is 8.25 Å².